The van der Waals surface area contributed by atoms with Crippen LogP contribution in [-0.2, 0) is 14.6 Å². The highest BCUT2D eigenvalue weighted by atomic mass is 32.2. The van der Waals surface area contributed by atoms with E-state index in [1.807, 2.05) is 31.2 Å². The fourth-order valence-electron chi connectivity index (χ4n) is 3.28. The summed E-state index contributed by atoms with van der Waals surface area (Å²) in [5.74, 6) is -0.0620. The van der Waals surface area contributed by atoms with Gasteiger partial charge in [0.25, 0.3) is 5.91 Å². The zero-order chi connectivity index (χ0) is 22.9. The van der Waals surface area contributed by atoms with Crippen molar-refractivity contribution in [2.45, 2.75) is 24.3 Å². The quantitative estimate of drug-likeness (QED) is 0.590. The molecular formula is C23H22N4O4S. The highest BCUT2D eigenvalue weighted by Crippen LogP contribution is 2.26. The van der Waals surface area contributed by atoms with Crippen LogP contribution in [0.3, 0.4) is 0 Å². The number of hydrogen-bond donors (Lipinski definition) is 2. The van der Waals surface area contributed by atoms with E-state index in [9.17, 15) is 13.2 Å². The molecule has 0 bridgehead atoms. The molecule has 2 heterocycles. The van der Waals surface area contributed by atoms with Crippen LogP contribution in [0.2, 0.25) is 0 Å². The monoisotopic (exact) mass is 450 g/mol. The summed E-state index contributed by atoms with van der Waals surface area (Å²) < 4.78 is 30.2. The topological polar surface area (TPSA) is 124 Å². The van der Waals surface area contributed by atoms with E-state index in [1.165, 1.54) is 30.5 Å². The summed E-state index contributed by atoms with van der Waals surface area (Å²) in [6, 6.07) is 13.6. The minimum absolute atomic E-state index is 0.000328. The number of aromatic nitrogens is 2. The Balaban J connectivity index is 1.48. The van der Waals surface area contributed by atoms with Gasteiger partial charge in [-0.2, -0.15) is 0 Å². The van der Waals surface area contributed by atoms with E-state index < -0.39 is 15.7 Å². The number of amides is 1. The standard InChI is InChI=1S/C23H22N4O4S/c1-14-3-5-16(6-4-14)20-12-25-22(24)21(27-20)23(28)26-17-7-9-19(10-8-17)32(29,30)13-18-11-15(2)31-18/h3-10,12,18H,2,11,13H2,1H3,(H2,24,25)(H,26,28). The van der Waals surface area contributed by atoms with Crippen LogP contribution in [0, 0.1) is 6.92 Å². The smallest absolute Gasteiger partial charge is 0.278 e. The first kappa shape index (κ1) is 21.5. The minimum atomic E-state index is -3.51. The summed E-state index contributed by atoms with van der Waals surface area (Å²) in [5, 5.41) is 2.68. The molecule has 1 aliphatic heterocycles. The van der Waals surface area contributed by atoms with Gasteiger partial charge in [-0.25, -0.2) is 18.4 Å². The number of hydrogen-bond acceptors (Lipinski definition) is 7. The summed E-state index contributed by atoms with van der Waals surface area (Å²) in [5.41, 5.74) is 8.70. The van der Waals surface area contributed by atoms with Gasteiger partial charge in [-0.1, -0.05) is 36.4 Å². The first-order valence-electron chi connectivity index (χ1n) is 9.89. The van der Waals surface area contributed by atoms with Crippen molar-refractivity contribution in [1.82, 2.24) is 9.97 Å². The lowest BCUT2D eigenvalue weighted by atomic mass is 10.1. The van der Waals surface area contributed by atoms with Crippen molar-refractivity contribution < 1.29 is 17.9 Å². The number of nitrogens with one attached hydrogen (secondary N) is 1. The predicted octanol–water partition coefficient (Wildman–Crippen LogP) is 3.36. The molecule has 9 heteroatoms. The normalized spacial score (nSPS) is 15.5. The van der Waals surface area contributed by atoms with Crippen molar-refractivity contribution in [3.05, 3.63) is 78.3 Å². The maximum absolute atomic E-state index is 12.7. The summed E-state index contributed by atoms with van der Waals surface area (Å²) >= 11 is 0. The molecule has 3 N–H and O–H groups in total. The minimum Gasteiger partial charge on any atom is -0.494 e. The molecule has 0 saturated carbocycles. The molecule has 8 nitrogen and oxygen atoms in total. The molecule has 164 valence electrons. The zero-order valence-corrected chi connectivity index (χ0v) is 18.2. The van der Waals surface area contributed by atoms with Gasteiger partial charge in [0.1, 0.15) is 6.10 Å². The summed E-state index contributed by atoms with van der Waals surface area (Å²) in [6.45, 7) is 5.61. The van der Waals surface area contributed by atoms with E-state index in [2.05, 4.69) is 21.9 Å². The molecule has 1 amide bonds. The van der Waals surface area contributed by atoms with Crippen LogP contribution >= 0.6 is 0 Å². The molecule has 0 radical (unpaired) electrons. The number of anilines is 2. The molecule has 1 saturated heterocycles. The summed E-state index contributed by atoms with van der Waals surface area (Å²) in [4.78, 5) is 21.3. The molecule has 1 atom stereocenters. The molecule has 4 rings (SSSR count). The molecule has 1 aromatic heterocycles. The first-order chi connectivity index (χ1) is 15.2. The number of benzene rings is 2. The number of sulfone groups is 1. The lowest BCUT2D eigenvalue weighted by Gasteiger charge is -2.29. The number of carbonyl (C=O) groups is 1. The van der Waals surface area contributed by atoms with Gasteiger partial charge in [-0.3, -0.25) is 4.79 Å². The molecule has 0 aliphatic carbocycles. The number of ether oxygens (including phenoxy) is 1. The van der Waals surface area contributed by atoms with Crippen molar-refractivity contribution in [3.63, 3.8) is 0 Å². The van der Waals surface area contributed by atoms with E-state index >= 15 is 0 Å². The number of nitrogens with zero attached hydrogens (tertiary/aromatic N) is 2. The van der Waals surface area contributed by atoms with Crippen LogP contribution in [0.5, 0.6) is 0 Å². The second-order valence-electron chi connectivity index (χ2n) is 7.60. The maximum Gasteiger partial charge on any atom is 0.278 e. The number of nitrogen functional groups attached to an aromatic ring is 1. The number of carbonyl (C=O) groups excluding carboxylic acids is 1. The predicted molar refractivity (Wildman–Crippen MR) is 122 cm³/mol. The van der Waals surface area contributed by atoms with Gasteiger partial charge in [0.05, 0.1) is 28.3 Å². The van der Waals surface area contributed by atoms with Gasteiger partial charge < -0.3 is 15.8 Å². The number of rotatable bonds is 6. The third-order valence-electron chi connectivity index (χ3n) is 5.03. The lowest BCUT2D eigenvalue weighted by Crippen LogP contribution is -2.32. The third kappa shape index (κ3) is 4.62. The van der Waals surface area contributed by atoms with E-state index in [-0.39, 0.29) is 28.3 Å². The van der Waals surface area contributed by atoms with Gasteiger partial charge >= 0.3 is 0 Å². The Morgan fingerprint density at radius 2 is 1.84 bits per heavy atom. The molecule has 32 heavy (non-hydrogen) atoms. The average molecular weight is 451 g/mol. The second kappa shape index (κ2) is 8.43. The Morgan fingerprint density at radius 3 is 2.47 bits per heavy atom. The van der Waals surface area contributed by atoms with Crippen LogP contribution in [0.4, 0.5) is 11.5 Å². The number of nitrogens with two attached hydrogens (primary N) is 1. The second-order valence-corrected chi connectivity index (χ2v) is 9.63. The van der Waals surface area contributed by atoms with Crippen molar-refractivity contribution in [2.24, 2.45) is 0 Å². The van der Waals surface area contributed by atoms with Crippen LogP contribution in [0.15, 0.2) is 72.0 Å². The van der Waals surface area contributed by atoms with Gasteiger partial charge in [-0.05, 0) is 31.2 Å². The highest BCUT2D eigenvalue weighted by Gasteiger charge is 2.30. The number of aryl methyl sites for hydroxylation is 1. The Kier molecular flexibility index (Phi) is 5.67. The van der Waals surface area contributed by atoms with Crippen molar-refractivity contribution in [1.29, 1.82) is 0 Å². The third-order valence-corrected chi connectivity index (χ3v) is 6.83. The zero-order valence-electron chi connectivity index (χ0n) is 17.4. The fraction of sp³-hybridized carbons (Fsp3) is 0.174. The first-order valence-corrected chi connectivity index (χ1v) is 11.5. The molecule has 1 unspecified atom stereocenters. The van der Waals surface area contributed by atoms with Gasteiger partial charge in [0.15, 0.2) is 21.3 Å². The van der Waals surface area contributed by atoms with Crippen molar-refractivity contribution in [2.75, 3.05) is 16.8 Å². The molecule has 0 spiro atoms. The maximum atomic E-state index is 12.7. The SMILES string of the molecule is C=C1CC(CS(=O)(=O)c2ccc(NC(=O)c3nc(-c4ccc(C)cc4)cnc3N)cc2)O1. The molecule has 1 aliphatic rings. The van der Waals surface area contributed by atoms with Crippen LogP contribution in [0.1, 0.15) is 22.5 Å². The molecule has 3 aromatic rings. The lowest BCUT2D eigenvalue weighted by molar-refractivity contribution is 0.0387. The van der Waals surface area contributed by atoms with Gasteiger partial charge in [0, 0.05) is 17.7 Å². The van der Waals surface area contributed by atoms with Crippen molar-refractivity contribution in [3.8, 4) is 11.3 Å². The van der Waals surface area contributed by atoms with Crippen molar-refractivity contribution >= 4 is 27.2 Å². The average Bonchev–Trinajstić information content (AvgIpc) is 2.74. The van der Waals surface area contributed by atoms with Crippen LogP contribution < -0.4 is 11.1 Å². The summed E-state index contributed by atoms with van der Waals surface area (Å²) in [7, 11) is -3.51. The molecular weight excluding hydrogens is 428 g/mol. The van der Waals surface area contributed by atoms with Crippen LogP contribution in [0.25, 0.3) is 11.3 Å². The molecule has 2 aromatic carbocycles. The fourth-order valence-corrected chi connectivity index (χ4v) is 4.70. The Labute approximate surface area is 186 Å². The van der Waals surface area contributed by atoms with E-state index in [1.54, 1.807) is 0 Å². The Hall–Kier alpha value is -3.72. The van der Waals surface area contributed by atoms with E-state index in [4.69, 9.17) is 10.5 Å². The highest BCUT2D eigenvalue weighted by molar-refractivity contribution is 7.91. The van der Waals surface area contributed by atoms with Gasteiger partial charge in [-0.15, -0.1) is 0 Å². The van der Waals surface area contributed by atoms with E-state index in [0.29, 0.717) is 23.6 Å². The molecule has 1 fully saturated rings. The van der Waals surface area contributed by atoms with Crippen LogP contribution in [-0.4, -0.2) is 36.1 Å². The van der Waals surface area contributed by atoms with E-state index in [0.717, 1.165) is 11.1 Å². The van der Waals surface area contributed by atoms with Gasteiger partial charge in [0.2, 0.25) is 0 Å². The summed E-state index contributed by atoms with van der Waals surface area (Å²) in [6.07, 6.45) is 1.68. The Morgan fingerprint density at radius 1 is 1.19 bits per heavy atom. The largest absolute Gasteiger partial charge is 0.494 e. The Bertz CT molecular complexity index is 1280.